The lowest BCUT2D eigenvalue weighted by Crippen LogP contribution is -2.14. The van der Waals surface area contributed by atoms with Crippen LogP contribution in [0, 0.1) is 0 Å². The molecular formula is C16H14N2O4S. The number of amides is 1. The van der Waals surface area contributed by atoms with E-state index in [9.17, 15) is 9.59 Å². The Kier molecular flexibility index (Phi) is 4.12. The first-order valence-corrected chi connectivity index (χ1v) is 7.75. The first-order chi connectivity index (χ1) is 11.1. The minimum Gasteiger partial charge on any atom is -0.497 e. The van der Waals surface area contributed by atoms with Crippen molar-refractivity contribution in [1.82, 2.24) is 4.98 Å². The lowest BCUT2D eigenvalue weighted by atomic mass is 10.1. The van der Waals surface area contributed by atoms with Gasteiger partial charge in [-0.05, 0) is 12.1 Å². The van der Waals surface area contributed by atoms with E-state index in [-0.39, 0.29) is 18.1 Å². The Morgan fingerprint density at radius 2 is 2.22 bits per heavy atom. The number of Topliss-reactive ketones (excluding diaryl/α,β-unsaturated/α-hetero) is 1. The van der Waals surface area contributed by atoms with E-state index in [1.165, 1.54) is 18.3 Å². The van der Waals surface area contributed by atoms with Crippen molar-refractivity contribution in [2.45, 2.75) is 13.3 Å². The van der Waals surface area contributed by atoms with Crippen LogP contribution in [0.3, 0.4) is 0 Å². The summed E-state index contributed by atoms with van der Waals surface area (Å²) in [6.07, 6.45) is 1.72. The molecule has 3 aromatic rings. The number of hydrogen-bond acceptors (Lipinski definition) is 6. The van der Waals surface area contributed by atoms with Crippen LogP contribution in [0.25, 0.3) is 11.0 Å². The quantitative estimate of drug-likeness (QED) is 0.726. The van der Waals surface area contributed by atoms with Crippen molar-refractivity contribution in [3.05, 3.63) is 41.1 Å². The molecule has 3 rings (SSSR count). The van der Waals surface area contributed by atoms with Crippen LogP contribution in [0.1, 0.15) is 23.0 Å². The average molecular weight is 330 g/mol. The van der Waals surface area contributed by atoms with Crippen LogP contribution in [0.15, 0.2) is 34.3 Å². The van der Waals surface area contributed by atoms with Gasteiger partial charge in [0, 0.05) is 29.3 Å². The van der Waals surface area contributed by atoms with E-state index in [4.69, 9.17) is 9.15 Å². The second-order valence-electron chi connectivity index (χ2n) is 4.94. The molecule has 1 aromatic carbocycles. The second kappa shape index (κ2) is 6.21. The fourth-order valence-corrected chi connectivity index (χ4v) is 2.92. The Hall–Kier alpha value is -2.67. The van der Waals surface area contributed by atoms with Crippen molar-refractivity contribution in [2.24, 2.45) is 0 Å². The topological polar surface area (TPSA) is 81.4 Å². The van der Waals surface area contributed by atoms with Gasteiger partial charge in [0.2, 0.25) is 5.91 Å². The highest BCUT2D eigenvalue weighted by atomic mass is 32.1. The summed E-state index contributed by atoms with van der Waals surface area (Å²) in [6.45, 7) is 1.44. The van der Waals surface area contributed by atoms with Crippen molar-refractivity contribution in [3.63, 3.8) is 0 Å². The number of ketones is 1. The fourth-order valence-electron chi connectivity index (χ4n) is 2.16. The van der Waals surface area contributed by atoms with Gasteiger partial charge in [-0.3, -0.25) is 9.59 Å². The summed E-state index contributed by atoms with van der Waals surface area (Å²) in [4.78, 5) is 27.4. The van der Waals surface area contributed by atoms with Gasteiger partial charge in [-0.2, -0.15) is 0 Å². The molecule has 0 fully saturated rings. The second-order valence-corrected chi connectivity index (χ2v) is 5.80. The average Bonchev–Trinajstić information content (AvgIpc) is 3.14. The van der Waals surface area contributed by atoms with Gasteiger partial charge in [0.1, 0.15) is 17.0 Å². The highest BCUT2D eigenvalue weighted by Crippen LogP contribution is 2.26. The number of methoxy groups -OCH3 is 1. The predicted octanol–water partition coefficient (Wildman–Crippen LogP) is 3.28. The van der Waals surface area contributed by atoms with E-state index >= 15 is 0 Å². The SMILES string of the molecule is COc1ccc2c(CC(=O)Nc3nc(C(C)=O)cs3)coc2c1. The summed E-state index contributed by atoms with van der Waals surface area (Å²) in [7, 11) is 1.59. The third-order valence-corrected chi connectivity index (χ3v) is 4.08. The molecule has 2 heterocycles. The zero-order valence-corrected chi connectivity index (χ0v) is 13.4. The van der Waals surface area contributed by atoms with E-state index < -0.39 is 0 Å². The Morgan fingerprint density at radius 3 is 2.91 bits per heavy atom. The van der Waals surface area contributed by atoms with E-state index in [1.54, 1.807) is 24.8 Å². The zero-order chi connectivity index (χ0) is 16.4. The third kappa shape index (κ3) is 3.24. The lowest BCUT2D eigenvalue weighted by molar-refractivity contribution is -0.115. The van der Waals surface area contributed by atoms with Gasteiger partial charge < -0.3 is 14.5 Å². The number of carbonyl (C=O) groups is 2. The minimum absolute atomic E-state index is 0.128. The van der Waals surface area contributed by atoms with Crippen molar-refractivity contribution < 1.29 is 18.7 Å². The largest absolute Gasteiger partial charge is 0.497 e. The molecule has 23 heavy (non-hydrogen) atoms. The maximum Gasteiger partial charge on any atom is 0.230 e. The van der Waals surface area contributed by atoms with Crippen molar-refractivity contribution in [3.8, 4) is 5.75 Å². The number of nitrogens with zero attached hydrogens (tertiary/aromatic N) is 1. The Balaban J connectivity index is 1.73. The van der Waals surface area contributed by atoms with Crippen molar-refractivity contribution >= 4 is 39.1 Å². The van der Waals surface area contributed by atoms with E-state index in [0.29, 0.717) is 22.2 Å². The molecule has 118 valence electrons. The molecule has 2 aromatic heterocycles. The molecule has 6 nitrogen and oxygen atoms in total. The van der Waals surface area contributed by atoms with Crippen molar-refractivity contribution in [2.75, 3.05) is 12.4 Å². The zero-order valence-electron chi connectivity index (χ0n) is 12.6. The molecule has 0 saturated carbocycles. The van der Waals surface area contributed by atoms with Crippen LogP contribution in [-0.2, 0) is 11.2 Å². The summed E-state index contributed by atoms with van der Waals surface area (Å²) >= 11 is 1.22. The molecule has 0 spiro atoms. The molecule has 0 aliphatic rings. The van der Waals surface area contributed by atoms with Gasteiger partial charge in [-0.25, -0.2) is 4.98 Å². The van der Waals surface area contributed by atoms with Gasteiger partial charge in [-0.15, -0.1) is 11.3 Å². The van der Waals surface area contributed by atoms with E-state index in [0.717, 1.165) is 10.9 Å². The highest BCUT2D eigenvalue weighted by Gasteiger charge is 2.13. The Morgan fingerprint density at radius 1 is 1.39 bits per heavy atom. The Bertz CT molecular complexity index is 881. The number of furan rings is 1. The summed E-state index contributed by atoms with van der Waals surface area (Å²) in [5.41, 5.74) is 1.80. The molecule has 0 atom stereocenters. The number of carbonyl (C=O) groups excluding carboxylic acids is 2. The molecule has 0 unspecified atom stereocenters. The summed E-state index contributed by atoms with van der Waals surface area (Å²) < 4.78 is 10.6. The molecule has 0 bridgehead atoms. The maximum absolute atomic E-state index is 12.1. The summed E-state index contributed by atoms with van der Waals surface area (Å²) in [5, 5.41) is 5.59. The molecule has 1 amide bonds. The molecular weight excluding hydrogens is 316 g/mol. The van der Waals surface area contributed by atoms with Crippen molar-refractivity contribution in [1.29, 1.82) is 0 Å². The lowest BCUT2D eigenvalue weighted by Gasteiger charge is -2.01. The number of aromatic nitrogens is 1. The standard InChI is InChI=1S/C16H14N2O4S/c1-9(19)13-8-23-16(17-13)18-15(20)5-10-7-22-14-6-11(21-2)3-4-12(10)14/h3-4,6-8H,5H2,1-2H3,(H,17,18,20). The number of rotatable bonds is 5. The van der Waals surface area contributed by atoms with Crippen LogP contribution in [0.5, 0.6) is 5.75 Å². The number of thiazole rings is 1. The predicted molar refractivity (Wildman–Crippen MR) is 87.2 cm³/mol. The number of ether oxygens (including phenoxy) is 1. The first-order valence-electron chi connectivity index (χ1n) is 6.87. The van der Waals surface area contributed by atoms with Gasteiger partial charge in [0.25, 0.3) is 0 Å². The number of nitrogens with one attached hydrogen (secondary N) is 1. The van der Waals surface area contributed by atoms with Crippen LogP contribution < -0.4 is 10.1 Å². The maximum atomic E-state index is 12.1. The Labute approximate surface area is 136 Å². The van der Waals surface area contributed by atoms with Crippen LogP contribution in [0.4, 0.5) is 5.13 Å². The summed E-state index contributed by atoms with van der Waals surface area (Å²) in [6, 6.07) is 5.45. The molecule has 0 aliphatic heterocycles. The third-order valence-electron chi connectivity index (χ3n) is 3.33. The van der Waals surface area contributed by atoms with Gasteiger partial charge in [-0.1, -0.05) is 0 Å². The van der Waals surface area contributed by atoms with Gasteiger partial charge >= 0.3 is 0 Å². The molecule has 0 aliphatic carbocycles. The monoisotopic (exact) mass is 330 g/mol. The molecule has 7 heteroatoms. The normalized spacial score (nSPS) is 10.7. The number of fused-ring (bicyclic) bond motifs is 1. The van der Waals surface area contributed by atoms with Crippen LogP contribution >= 0.6 is 11.3 Å². The summed E-state index contributed by atoms with van der Waals surface area (Å²) in [5.74, 6) is 0.354. The van der Waals surface area contributed by atoms with Gasteiger partial charge in [0.15, 0.2) is 10.9 Å². The molecule has 0 saturated heterocycles. The molecule has 1 N–H and O–H groups in total. The smallest absolute Gasteiger partial charge is 0.230 e. The minimum atomic E-state index is -0.215. The molecule has 0 radical (unpaired) electrons. The van der Waals surface area contributed by atoms with E-state index in [2.05, 4.69) is 10.3 Å². The van der Waals surface area contributed by atoms with Crippen LogP contribution in [-0.4, -0.2) is 23.8 Å². The number of anilines is 1. The number of hydrogen-bond donors (Lipinski definition) is 1. The number of benzene rings is 1. The first kappa shape index (κ1) is 15.2. The van der Waals surface area contributed by atoms with Crippen LogP contribution in [0.2, 0.25) is 0 Å². The highest BCUT2D eigenvalue weighted by molar-refractivity contribution is 7.14. The van der Waals surface area contributed by atoms with Gasteiger partial charge in [0.05, 0.1) is 19.8 Å². The fraction of sp³-hybridized carbons (Fsp3) is 0.188. The van der Waals surface area contributed by atoms with E-state index in [1.807, 2.05) is 12.1 Å².